The zero-order valence-electron chi connectivity index (χ0n) is 12.9. The molecule has 20 heavy (non-hydrogen) atoms. The third kappa shape index (κ3) is 3.66. The van der Waals surface area contributed by atoms with Crippen molar-refractivity contribution in [3.63, 3.8) is 0 Å². The lowest BCUT2D eigenvalue weighted by Crippen LogP contribution is -2.18. The van der Waals surface area contributed by atoms with Crippen molar-refractivity contribution in [1.82, 2.24) is 5.32 Å². The highest BCUT2D eigenvalue weighted by molar-refractivity contribution is 5.42. The van der Waals surface area contributed by atoms with E-state index in [1.807, 2.05) is 19.2 Å². The Balaban J connectivity index is 2.08. The fourth-order valence-corrected chi connectivity index (χ4v) is 3.27. The molecule has 2 rings (SSSR count). The van der Waals surface area contributed by atoms with Crippen molar-refractivity contribution in [2.24, 2.45) is 5.92 Å². The first kappa shape index (κ1) is 15.2. The summed E-state index contributed by atoms with van der Waals surface area (Å²) >= 11 is 0. The Hall–Kier alpha value is -1.22. The summed E-state index contributed by atoms with van der Waals surface area (Å²) in [7, 11) is 5.46. The van der Waals surface area contributed by atoms with Crippen LogP contribution in [0.4, 0.5) is 0 Å². The monoisotopic (exact) mass is 277 g/mol. The third-order valence-corrected chi connectivity index (χ3v) is 4.50. The van der Waals surface area contributed by atoms with Gasteiger partial charge in [0.05, 0.1) is 14.2 Å². The molecule has 1 aromatic rings. The second-order valence-corrected chi connectivity index (χ2v) is 5.68. The van der Waals surface area contributed by atoms with E-state index in [0.717, 1.165) is 23.8 Å². The molecule has 0 radical (unpaired) electrons. The molecule has 0 spiro atoms. The highest BCUT2D eigenvalue weighted by Crippen LogP contribution is 2.35. The maximum absolute atomic E-state index is 5.50. The first-order valence-electron chi connectivity index (χ1n) is 7.67. The summed E-state index contributed by atoms with van der Waals surface area (Å²) in [6.07, 6.45) is 8.10. The summed E-state index contributed by atoms with van der Waals surface area (Å²) in [5, 5.41) is 3.43. The third-order valence-electron chi connectivity index (χ3n) is 4.50. The zero-order chi connectivity index (χ0) is 14.4. The van der Waals surface area contributed by atoms with Crippen LogP contribution in [0.5, 0.6) is 11.5 Å². The predicted octanol–water partition coefficient (Wildman–Crippen LogP) is 3.93. The maximum atomic E-state index is 5.50. The molecule has 0 aliphatic heterocycles. The van der Waals surface area contributed by atoms with Crippen LogP contribution in [0.3, 0.4) is 0 Å². The first-order valence-corrected chi connectivity index (χ1v) is 7.67. The Labute approximate surface area is 122 Å². The molecule has 0 bridgehead atoms. The molecule has 1 saturated carbocycles. The summed E-state index contributed by atoms with van der Waals surface area (Å²) < 4.78 is 10.8. The number of hydrogen-bond acceptors (Lipinski definition) is 3. The van der Waals surface area contributed by atoms with Gasteiger partial charge >= 0.3 is 0 Å². The smallest absolute Gasteiger partial charge is 0.123 e. The molecule has 3 heteroatoms. The van der Waals surface area contributed by atoms with E-state index in [4.69, 9.17) is 9.47 Å². The Morgan fingerprint density at radius 2 is 1.95 bits per heavy atom. The molecule has 1 aromatic carbocycles. The van der Waals surface area contributed by atoms with Gasteiger partial charge in [0.2, 0.25) is 0 Å². The van der Waals surface area contributed by atoms with Crippen LogP contribution in [0.25, 0.3) is 0 Å². The number of rotatable bonds is 7. The Morgan fingerprint density at radius 3 is 2.55 bits per heavy atom. The van der Waals surface area contributed by atoms with Crippen LogP contribution in [0.2, 0.25) is 0 Å². The van der Waals surface area contributed by atoms with Crippen molar-refractivity contribution in [2.45, 2.75) is 44.6 Å². The van der Waals surface area contributed by atoms with Crippen LogP contribution in [-0.4, -0.2) is 21.3 Å². The number of ether oxygens (including phenoxy) is 2. The fraction of sp³-hybridized carbons (Fsp3) is 0.647. The molecule has 1 N–H and O–H groups in total. The quantitative estimate of drug-likeness (QED) is 0.819. The Bertz CT molecular complexity index is 413. The zero-order valence-corrected chi connectivity index (χ0v) is 12.9. The van der Waals surface area contributed by atoms with Crippen molar-refractivity contribution < 1.29 is 9.47 Å². The molecule has 0 saturated heterocycles. The summed E-state index contributed by atoms with van der Waals surface area (Å²) in [5.74, 6) is 2.75. The van der Waals surface area contributed by atoms with E-state index >= 15 is 0 Å². The lowest BCUT2D eigenvalue weighted by Gasteiger charge is -2.21. The molecule has 1 atom stereocenters. The second kappa shape index (κ2) is 7.53. The topological polar surface area (TPSA) is 30.5 Å². The standard InChI is InChI=1S/C17H27NO2/c1-18-16(10-8-13-6-4-5-7-13)15-12-14(19-2)9-11-17(15)20-3/h9,11-13,16,18H,4-8,10H2,1-3H3. The van der Waals surface area contributed by atoms with E-state index < -0.39 is 0 Å². The summed E-state index contributed by atoms with van der Waals surface area (Å²) in [4.78, 5) is 0. The van der Waals surface area contributed by atoms with E-state index in [-0.39, 0.29) is 0 Å². The van der Waals surface area contributed by atoms with Gasteiger partial charge in [-0.2, -0.15) is 0 Å². The number of hydrogen-bond donors (Lipinski definition) is 1. The molecule has 1 unspecified atom stereocenters. The first-order chi connectivity index (χ1) is 9.78. The molecule has 112 valence electrons. The van der Waals surface area contributed by atoms with E-state index in [1.165, 1.54) is 37.7 Å². The number of methoxy groups -OCH3 is 2. The summed E-state index contributed by atoms with van der Waals surface area (Å²) in [5.41, 5.74) is 1.20. The normalized spacial score (nSPS) is 17.1. The van der Waals surface area contributed by atoms with Crippen molar-refractivity contribution >= 4 is 0 Å². The maximum Gasteiger partial charge on any atom is 0.123 e. The van der Waals surface area contributed by atoms with Crippen LogP contribution in [0.1, 0.15) is 50.1 Å². The fourth-order valence-electron chi connectivity index (χ4n) is 3.27. The van der Waals surface area contributed by atoms with Gasteiger partial charge in [-0.25, -0.2) is 0 Å². The molecule has 0 aromatic heterocycles. The van der Waals surface area contributed by atoms with Crippen molar-refractivity contribution in [1.29, 1.82) is 0 Å². The Morgan fingerprint density at radius 1 is 1.20 bits per heavy atom. The van der Waals surface area contributed by atoms with Gasteiger partial charge < -0.3 is 14.8 Å². The van der Waals surface area contributed by atoms with Gasteiger partial charge in [-0.1, -0.05) is 25.7 Å². The molecule has 1 fully saturated rings. The van der Waals surface area contributed by atoms with Crippen molar-refractivity contribution in [3.8, 4) is 11.5 Å². The molecule has 1 aliphatic carbocycles. The molecule has 1 aliphatic rings. The molecular weight excluding hydrogens is 250 g/mol. The minimum absolute atomic E-state index is 0.334. The van der Waals surface area contributed by atoms with Crippen LogP contribution < -0.4 is 14.8 Å². The predicted molar refractivity (Wildman–Crippen MR) is 82.5 cm³/mol. The van der Waals surface area contributed by atoms with E-state index in [0.29, 0.717) is 6.04 Å². The second-order valence-electron chi connectivity index (χ2n) is 5.68. The van der Waals surface area contributed by atoms with Gasteiger partial charge in [-0.05, 0) is 44.0 Å². The average Bonchev–Trinajstić information content (AvgIpc) is 3.01. The van der Waals surface area contributed by atoms with Gasteiger partial charge in [0.25, 0.3) is 0 Å². The van der Waals surface area contributed by atoms with Crippen LogP contribution in [0.15, 0.2) is 18.2 Å². The van der Waals surface area contributed by atoms with E-state index in [9.17, 15) is 0 Å². The Kier molecular flexibility index (Phi) is 5.72. The molecule has 0 heterocycles. The molecular formula is C17H27NO2. The van der Waals surface area contributed by atoms with Crippen LogP contribution >= 0.6 is 0 Å². The number of benzene rings is 1. The minimum atomic E-state index is 0.334. The minimum Gasteiger partial charge on any atom is -0.497 e. The average molecular weight is 277 g/mol. The number of nitrogens with one attached hydrogen (secondary N) is 1. The highest BCUT2D eigenvalue weighted by atomic mass is 16.5. The van der Waals surface area contributed by atoms with Crippen molar-refractivity contribution in [2.75, 3.05) is 21.3 Å². The van der Waals surface area contributed by atoms with Crippen LogP contribution in [-0.2, 0) is 0 Å². The van der Waals surface area contributed by atoms with Crippen molar-refractivity contribution in [3.05, 3.63) is 23.8 Å². The van der Waals surface area contributed by atoms with Gasteiger partial charge in [-0.3, -0.25) is 0 Å². The lowest BCUT2D eigenvalue weighted by molar-refractivity contribution is 0.379. The summed E-state index contributed by atoms with van der Waals surface area (Å²) in [6.45, 7) is 0. The molecule has 0 amide bonds. The van der Waals surface area contributed by atoms with E-state index in [1.54, 1.807) is 14.2 Å². The van der Waals surface area contributed by atoms with Gasteiger partial charge in [-0.15, -0.1) is 0 Å². The van der Waals surface area contributed by atoms with Gasteiger partial charge in [0.15, 0.2) is 0 Å². The summed E-state index contributed by atoms with van der Waals surface area (Å²) in [6, 6.07) is 6.37. The van der Waals surface area contributed by atoms with Gasteiger partial charge in [0.1, 0.15) is 11.5 Å². The highest BCUT2D eigenvalue weighted by Gasteiger charge is 2.20. The van der Waals surface area contributed by atoms with Crippen LogP contribution in [0, 0.1) is 5.92 Å². The molecule has 3 nitrogen and oxygen atoms in total. The lowest BCUT2D eigenvalue weighted by atomic mass is 9.94. The largest absolute Gasteiger partial charge is 0.497 e. The van der Waals surface area contributed by atoms with Gasteiger partial charge in [0, 0.05) is 11.6 Å². The SMILES string of the molecule is CNC(CCC1CCCC1)c1cc(OC)ccc1OC. The van der Waals surface area contributed by atoms with E-state index in [2.05, 4.69) is 11.4 Å².